The number of amides is 1. The van der Waals surface area contributed by atoms with Crippen molar-refractivity contribution in [3.63, 3.8) is 0 Å². The van der Waals surface area contributed by atoms with Crippen molar-refractivity contribution in [3.8, 4) is 0 Å². The van der Waals surface area contributed by atoms with E-state index in [9.17, 15) is 14.0 Å². The molecule has 4 nitrogen and oxygen atoms in total. The molecule has 0 aromatic heterocycles. The third kappa shape index (κ3) is 5.54. The Morgan fingerprint density at radius 3 is 2.48 bits per heavy atom. The van der Waals surface area contributed by atoms with Gasteiger partial charge in [0.1, 0.15) is 11.9 Å². The zero-order chi connectivity index (χ0) is 19.8. The lowest BCUT2D eigenvalue weighted by Gasteiger charge is -2.28. The highest BCUT2D eigenvalue weighted by atomic mass is 35.5. The number of hydrogen-bond donors (Lipinski definition) is 0. The van der Waals surface area contributed by atoms with Crippen LogP contribution >= 0.6 is 11.6 Å². The van der Waals surface area contributed by atoms with Crippen LogP contribution in [0.4, 0.5) is 10.1 Å². The molecule has 1 unspecified atom stereocenters. The Morgan fingerprint density at radius 1 is 1.15 bits per heavy atom. The third-order valence-electron chi connectivity index (χ3n) is 4.14. The molecule has 144 valence electrons. The number of nitrogens with zero attached hydrogens (tertiary/aromatic N) is 1. The van der Waals surface area contributed by atoms with Crippen LogP contribution in [0.1, 0.15) is 43.5 Å². The molecule has 0 aliphatic carbocycles. The SMILES string of the molecule is CCCCCOC(=O)C(C)N(C(=O)c1ccccc1)c1ccc(F)c(Cl)c1. The van der Waals surface area contributed by atoms with Crippen molar-refractivity contribution in [2.75, 3.05) is 11.5 Å². The van der Waals surface area contributed by atoms with E-state index in [-0.39, 0.29) is 5.02 Å². The van der Waals surface area contributed by atoms with Gasteiger partial charge in [-0.2, -0.15) is 0 Å². The molecule has 0 fully saturated rings. The van der Waals surface area contributed by atoms with E-state index in [4.69, 9.17) is 16.3 Å². The molecule has 27 heavy (non-hydrogen) atoms. The van der Waals surface area contributed by atoms with Crippen molar-refractivity contribution in [1.29, 1.82) is 0 Å². The summed E-state index contributed by atoms with van der Waals surface area (Å²) in [4.78, 5) is 26.8. The quantitative estimate of drug-likeness (QED) is 0.456. The molecule has 6 heteroatoms. The van der Waals surface area contributed by atoms with Gasteiger partial charge in [0.05, 0.1) is 11.6 Å². The molecule has 0 saturated carbocycles. The van der Waals surface area contributed by atoms with Crippen LogP contribution in [-0.4, -0.2) is 24.5 Å². The molecule has 2 aromatic rings. The summed E-state index contributed by atoms with van der Waals surface area (Å²) in [5.41, 5.74) is 0.733. The lowest BCUT2D eigenvalue weighted by atomic mass is 10.1. The maximum atomic E-state index is 13.6. The van der Waals surface area contributed by atoms with E-state index in [1.807, 2.05) is 0 Å². The molecular weight excluding hydrogens is 369 g/mol. The maximum absolute atomic E-state index is 13.6. The monoisotopic (exact) mass is 391 g/mol. The molecule has 0 heterocycles. The summed E-state index contributed by atoms with van der Waals surface area (Å²) in [7, 11) is 0. The van der Waals surface area contributed by atoms with E-state index in [2.05, 4.69) is 6.92 Å². The summed E-state index contributed by atoms with van der Waals surface area (Å²) < 4.78 is 18.9. The second-order valence-corrected chi connectivity index (χ2v) is 6.60. The number of unbranched alkanes of at least 4 members (excludes halogenated alkanes) is 2. The Morgan fingerprint density at radius 2 is 1.85 bits per heavy atom. The molecule has 0 radical (unpaired) electrons. The topological polar surface area (TPSA) is 46.6 Å². The Hall–Kier alpha value is -2.40. The van der Waals surface area contributed by atoms with Gasteiger partial charge in [-0.1, -0.05) is 49.6 Å². The first-order chi connectivity index (χ1) is 13.0. The molecule has 0 saturated heterocycles. The molecule has 1 atom stereocenters. The van der Waals surface area contributed by atoms with E-state index in [1.165, 1.54) is 23.1 Å². The highest BCUT2D eigenvalue weighted by Gasteiger charge is 2.29. The lowest BCUT2D eigenvalue weighted by molar-refractivity contribution is -0.144. The second-order valence-electron chi connectivity index (χ2n) is 6.19. The van der Waals surface area contributed by atoms with E-state index >= 15 is 0 Å². The molecule has 0 spiro atoms. The Balaban J connectivity index is 2.30. The van der Waals surface area contributed by atoms with Crippen LogP contribution in [0.5, 0.6) is 0 Å². The summed E-state index contributed by atoms with van der Waals surface area (Å²) in [6, 6.07) is 11.6. The fraction of sp³-hybridized carbons (Fsp3) is 0.333. The summed E-state index contributed by atoms with van der Waals surface area (Å²) >= 11 is 5.88. The summed E-state index contributed by atoms with van der Waals surface area (Å²) in [6.45, 7) is 3.94. The van der Waals surface area contributed by atoms with Crippen molar-refractivity contribution in [2.24, 2.45) is 0 Å². The standard InChI is InChI=1S/C21H23ClFNO3/c1-3-4-8-13-27-21(26)15(2)24(17-11-12-19(23)18(22)14-17)20(25)16-9-6-5-7-10-16/h5-7,9-12,14-15H,3-4,8,13H2,1-2H3. The number of carbonyl (C=O) groups excluding carboxylic acids is 2. The van der Waals surface area contributed by atoms with Gasteiger partial charge >= 0.3 is 5.97 Å². The number of halogens is 2. The average Bonchev–Trinajstić information content (AvgIpc) is 2.68. The fourth-order valence-corrected chi connectivity index (χ4v) is 2.80. The fourth-order valence-electron chi connectivity index (χ4n) is 2.62. The van der Waals surface area contributed by atoms with Gasteiger partial charge in [-0.3, -0.25) is 9.69 Å². The highest BCUT2D eigenvalue weighted by molar-refractivity contribution is 6.31. The van der Waals surface area contributed by atoms with Crippen LogP contribution in [0.3, 0.4) is 0 Å². The van der Waals surface area contributed by atoms with Gasteiger partial charge in [-0.25, -0.2) is 9.18 Å². The molecule has 0 aliphatic rings. The molecule has 2 aromatic carbocycles. The predicted octanol–water partition coefficient (Wildman–Crippen LogP) is 5.25. The molecule has 2 rings (SSSR count). The number of hydrogen-bond acceptors (Lipinski definition) is 3. The van der Waals surface area contributed by atoms with Gasteiger partial charge in [0.2, 0.25) is 0 Å². The Kier molecular flexibility index (Phi) is 7.80. The number of anilines is 1. The molecular formula is C21H23ClFNO3. The van der Waals surface area contributed by atoms with Crippen molar-refractivity contribution in [2.45, 2.75) is 39.2 Å². The first-order valence-electron chi connectivity index (χ1n) is 8.96. The molecule has 0 bridgehead atoms. The number of benzene rings is 2. The van der Waals surface area contributed by atoms with Crippen molar-refractivity contribution in [3.05, 3.63) is 64.9 Å². The summed E-state index contributed by atoms with van der Waals surface area (Å²) in [5, 5.41) is -0.123. The molecule has 0 aliphatic heterocycles. The van der Waals surface area contributed by atoms with E-state index in [0.29, 0.717) is 17.9 Å². The minimum atomic E-state index is -0.888. The number of ether oxygens (including phenoxy) is 1. The largest absolute Gasteiger partial charge is 0.464 e. The van der Waals surface area contributed by atoms with Crippen LogP contribution in [-0.2, 0) is 9.53 Å². The van der Waals surface area contributed by atoms with E-state index < -0.39 is 23.7 Å². The van der Waals surface area contributed by atoms with E-state index in [1.54, 1.807) is 37.3 Å². The molecule has 1 amide bonds. The highest BCUT2D eigenvalue weighted by Crippen LogP contribution is 2.26. The Bertz CT molecular complexity index is 782. The maximum Gasteiger partial charge on any atom is 0.328 e. The number of rotatable bonds is 8. The number of esters is 1. The van der Waals surface area contributed by atoms with Crippen molar-refractivity contribution < 1.29 is 18.7 Å². The van der Waals surface area contributed by atoms with Gasteiger partial charge in [0.15, 0.2) is 0 Å². The third-order valence-corrected chi connectivity index (χ3v) is 4.43. The van der Waals surface area contributed by atoms with Gasteiger partial charge in [0.25, 0.3) is 5.91 Å². The van der Waals surface area contributed by atoms with E-state index in [0.717, 1.165) is 19.3 Å². The zero-order valence-corrected chi connectivity index (χ0v) is 16.2. The van der Waals surface area contributed by atoms with Gasteiger partial charge < -0.3 is 4.74 Å². The first kappa shape index (κ1) is 20.9. The van der Waals surface area contributed by atoms with Gasteiger partial charge in [0, 0.05) is 11.3 Å². The van der Waals surface area contributed by atoms with Crippen LogP contribution in [0, 0.1) is 5.82 Å². The van der Waals surface area contributed by atoms with Crippen LogP contribution in [0.15, 0.2) is 48.5 Å². The lowest BCUT2D eigenvalue weighted by Crippen LogP contribution is -2.44. The molecule has 0 N–H and O–H groups in total. The Labute approximate surface area is 163 Å². The second kappa shape index (κ2) is 10.1. The zero-order valence-electron chi connectivity index (χ0n) is 15.5. The van der Waals surface area contributed by atoms with Crippen LogP contribution in [0.25, 0.3) is 0 Å². The summed E-state index contributed by atoms with van der Waals surface area (Å²) in [5.74, 6) is -1.51. The normalized spacial score (nSPS) is 11.7. The minimum absolute atomic E-state index is 0.123. The first-order valence-corrected chi connectivity index (χ1v) is 9.33. The van der Waals surface area contributed by atoms with Gasteiger partial charge in [-0.15, -0.1) is 0 Å². The smallest absolute Gasteiger partial charge is 0.328 e. The summed E-state index contributed by atoms with van der Waals surface area (Å²) in [6.07, 6.45) is 2.74. The minimum Gasteiger partial charge on any atom is -0.464 e. The van der Waals surface area contributed by atoms with Crippen molar-refractivity contribution in [1.82, 2.24) is 0 Å². The average molecular weight is 392 g/mol. The predicted molar refractivity (Wildman–Crippen MR) is 105 cm³/mol. The number of carbonyl (C=O) groups is 2. The van der Waals surface area contributed by atoms with Gasteiger partial charge in [-0.05, 0) is 43.7 Å². The van der Waals surface area contributed by atoms with Crippen molar-refractivity contribution >= 4 is 29.2 Å². The van der Waals surface area contributed by atoms with Crippen LogP contribution in [0.2, 0.25) is 5.02 Å². The van der Waals surface area contributed by atoms with Crippen LogP contribution < -0.4 is 4.90 Å².